The third-order valence-corrected chi connectivity index (χ3v) is 6.55. The van der Waals surface area contributed by atoms with Crippen LogP contribution >= 0.6 is 0 Å². The summed E-state index contributed by atoms with van der Waals surface area (Å²) in [5.74, 6) is 0. The molecule has 3 heteroatoms. The van der Waals surface area contributed by atoms with Crippen molar-refractivity contribution >= 4 is 10.8 Å². The maximum atomic E-state index is 13.1. The summed E-state index contributed by atoms with van der Waals surface area (Å²) >= 11 is 0. The smallest absolute Gasteiger partial charge is 0.180 e. The molecular formula is C18H24O2S. The van der Waals surface area contributed by atoms with Crippen LogP contribution in [0.2, 0.25) is 0 Å². The van der Waals surface area contributed by atoms with E-state index in [0.717, 1.165) is 37.0 Å². The number of benzene rings is 1. The summed E-state index contributed by atoms with van der Waals surface area (Å²) in [6, 6.07) is 9.80. The van der Waals surface area contributed by atoms with Gasteiger partial charge in [-0.2, -0.15) is 0 Å². The molecule has 2 aliphatic rings. The van der Waals surface area contributed by atoms with Crippen LogP contribution in [0.25, 0.3) is 0 Å². The topological polar surface area (TPSA) is 29.6 Å². The Balaban J connectivity index is 1.86. The number of ether oxygens (including phenoxy) is 1. The molecule has 1 aliphatic heterocycles. The number of allylic oxidation sites excluding steroid dienone is 1. The Bertz CT molecular complexity index is 539. The van der Waals surface area contributed by atoms with Gasteiger partial charge in [0.05, 0.1) is 10.8 Å². The van der Waals surface area contributed by atoms with Gasteiger partial charge in [0.15, 0.2) is 4.93 Å². The third-order valence-electron chi connectivity index (χ3n) is 4.62. The van der Waals surface area contributed by atoms with Crippen LogP contribution in [-0.2, 0) is 15.5 Å². The van der Waals surface area contributed by atoms with E-state index in [1.165, 1.54) is 12.8 Å². The molecule has 1 aromatic carbocycles. The molecule has 0 radical (unpaired) electrons. The Labute approximate surface area is 130 Å². The lowest BCUT2D eigenvalue weighted by atomic mass is 9.90. The van der Waals surface area contributed by atoms with Gasteiger partial charge in [-0.1, -0.05) is 50.1 Å². The second kappa shape index (κ2) is 6.05. The van der Waals surface area contributed by atoms with Gasteiger partial charge in [-0.15, -0.1) is 0 Å². The molecule has 1 spiro atoms. The molecule has 1 aromatic rings. The molecule has 0 saturated carbocycles. The first-order chi connectivity index (χ1) is 10.2. The Morgan fingerprint density at radius 2 is 2.05 bits per heavy atom. The monoisotopic (exact) mass is 304 g/mol. The van der Waals surface area contributed by atoms with E-state index < -0.39 is 15.7 Å². The molecule has 1 fully saturated rings. The van der Waals surface area contributed by atoms with Crippen molar-refractivity contribution in [3.63, 3.8) is 0 Å². The molecule has 0 amide bonds. The fourth-order valence-corrected chi connectivity index (χ4v) is 5.23. The van der Waals surface area contributed by atoms with Crippen molar-refractivity contribution in [2.75, 3.05) is 0 Å². The molecule has 2 nitrogen and oxygen atoms in total. The van der Waals surface area contributed by atoms with Crippen molar-refractivity contribution in [2.45, 2.75) is 67.3 Å². The molecule has 3 rings (SSSR count). The highest BCUT2D eigenvalue weighted by atomic mass is 32.2. The fraction of sp³-hybridized carbons (Fsp3) is 0.556. The van der Waals surface area contributed by atoms with Crippen LogP contribution in [0.3, 0.4) is 0 Å². The van der Waals surface area contributed by atoms with Gasteiger partial charge in [-0.25, -0.2) is 0 Å². The molecular weight excluding hydrogens is 280 g/mol. The number of rotatable bonds is 6. The van der Waals surface area contributed by atoms with E-state index in [2.05, 4.69) is 19.1 Å². The Hall–Kier alpha value is -0.930. The van der Waals surface area contributed by atoms with Gasteiger partial charge in [-0.05, 0) is 44.2 Å². The summed E-state index contributed by atoms with van der Waals surface area (Å²) in [7, 11) is -1.10. The zero-order valence-electron chi connectivity index (χ0n) is 12.7. The molecule has 3 unspecified atom stereocenters. The van der Waals surface area contributed by atoms with Gasteiger partial charge in [0, 0.05) is 4.90 Å². The summed E-state index contributed by atoms with van der Waals surface area (Å²) in [4.78, 5) is 0.408. The van der Waals surface area contributed by atoms with Gasteiger partial charge in [0.25, 0.3) is 0 Å². The second-order valence-electron chi connectivity index (χ2n) is 6.08. The number of hydrogen-bond donors (Lipinski definition) is 0. The predicted molar refractivity (Wildman–Crippen MR) is 86.5 cm³/mol. The average Bonchev–Trinajstić information content (AvgIpc) is 3.15. The van der Waals surface area contributed by atoms with Crippen molar-refractivity contribution < 1.29 is 8.95 Å². The summed E-state index contributed by atoms with van der Waals surface area (Å²) in [6.07, 6.45) is 12.0. The summed E-state index contributed by atoms with van der Waals surface area (Å²) in [5.41, 5.74) is -0.264. The third kappa shape index (κ3) is 2.62. The van der Waals surface area contributed by atoms with Gasteiger partial charge >= 0.3 is 0 Å². The molecule has 0 N–H and O–H groups in total. The number of hydrogen-bond acceptors (Lipinski definition) is 2. The lowest BCUT2D eigenvalue weighted by Crippen LogP contribution is -2.30. The van der Waals surface area contributed by atoms with Crippen LogP contribution in [0.5, 0.6) is 0 Å². The normalized spacial score (nSPS) is 32.2. The fourth-order valence-electron chi connectivity index (χ4n) is 3.40. The maximum Gasteiger partial charge on any atom is 0.180 e. The van der Waals surface area contributed by atoms with E-state index in [-0.39, 0.29) is 5.60 Å². The minimum atomic E-state index is -1.10. The molecule has 3 atom stereocenters. The van der Waals surface area contributed by atoms with Gasteiger partial charge in [-0.3, -0.25) is 4.21 Å². The van der Waals surface area contributed by atoms with E-state index in [0.29, 0.717) is 0 Å². The van der Waals surface area contributed by atoms with Crippen molar-refractivity contribution in [1.29, 1.82) is 0 Å². The van der Waals surface area contributed by atoms with Gasteiger partial charge in [0.2, 0.25) is 0 Å². The lowest BCUT2D eigenvalue weighted by molar-refractivity contribution is 0.295. The Kier molecular flexibility index (Phi) is 4.32. The molecule has 1 saturated heterocycles. The van der Waals surface area contributed by atoms with Crippen LogP contribution < -0.4 is 0 Å². The first-order valence-corrected chi connectivity index (χ1v) is 9.24. The van der Waals surface area contributed by atoms with Gasteiger partial charge < -0.3 is 4.74 Å². The van der Waals surface area contributed by atoms with Crippen LogP contribution in [0.1, 0.15) is 51.9 Å². The zero-order chi connectivity index (χ0) is 14.8. The van der Waals surface area contributed by atoms with Crippen LogP contribution in [0, 0.1) is 0 Å². The Morgan fingerprint density at radius 1 is 1.24 bits per heavy atom. The largest absolute Gasteiger partial charge is 0.343 e. The second-order valence-corrected chi connectivity index (χ2v) is 7.75. The van der Waals surface area contributed by atoms with Gasteiger partial charge in [0.1, 0.15) is 5.60 Å². The maximum absolute atomic E-state index is 13.1. The van der Waals surface area contributed by atoms with Crippen molar-refractivity contribution in [3.8, 4) is 0 Å². The standard InChI is InChI=1S/C18H24O2S/c1-2-3-8-15-18(17(20-18)13-9-5-10-14-17)21(19)16-11-6-4-7-12-16/h4,6-7,9,11-13H,2-3,5,8,10,14-15H2,1H3. The van der Waals surface area contributed by atoms with E-state index in [4.69, 9.17) is 4.74 Å². The molecule has 0 aromatic heterocycles. The quantitative estimate of drug-likeness (QED) is 0.437. The Morgan fingerprint density at radius 3 is 2.71 bits per heavy atom. The molecule has 114 valence electrons. The molecule has 21 heavy (non-hydrogen) atoms. The van der Waals surface area contributed by atoms with Crippen molar-refractivity contribution in [2.24, 2.45) is 0 Å². The first kappa shape index (κ1) is 15.0. The lowest BCUT2D eigenvalue weighted by Gasteiger charge is -2.20. The van der Waals surface area contributed by atoms with Crippen LogP contribution in [0.4, 0.5) is 0 Å². The summed E-state index contributed by atoms with van der Waals surface area (Å²) in [5, 5.41) is 0. The first-order valence-electron chi connectivity index (χ1n) is 8.09. The van der Waals surface area contributed by atoms with E-state index in [1.54, 1.807) is 0 Å². The SMILES string of the molecule is CCCCCC1(S(=O)c2ccccc2)OC12C=CCCC2. The summed E-state index contributed by atoms with van der Waals surface area (Å²) in [6.45, 7) is 2.20. The highest BCUT2D eigenvalue weighted by Crippen LogP contribution is 2.59. The van der Waals surface area contributed by atoms with E-state index >= 15 is 0 Å². The number of unbranched alkanes of at least 4 members (excludes halogenated alkanes) is 2. The number of epoxide rings is 1. The average molecular weight is 304 g/mol. The van der Waals surface area contributed by atoms with E-state index in [9.17, 15) is 4.21 Å². The molecule has 0 bridgehead atoms. The zero-order valence-corrected chi connectivity index (χ0v) is 13.5. The van der Waals surface area contributed by atoms with Crippen molar-refractivity contribution in [1.82, 2.24) is 0 Å². The minimum Gasteiger partial charge on any atom is -0.343 e. The van der Waals surface area contributed by atoms with Crippen molar-refractivity contribution in [3.05, 3.63) is 42.5 Å². The van der Waals surface area contributed by atoms with Crippen LogP contribution in [0.15, 0.2) is 47.4 Å². The van der Waals surface area contributed by atoms with Crippen LogP contribution in [-0.4, -0.2) is 14.7 Å². The predicted octanol–water partition coefficient (Wildman–Crippen LogP) is 4.58. The summed E-state index contributed by atoms with van der Waals surface area (Å²) < 4.78 is 19.4. The molecule has 1 aliphatic carbocycles. The highest BCUT2D eigenvalue weighted by Gasteiger charge is 2.71. The minimum absolute atomic E-state index is 0.264. The molecule has 1 heterocycles. The highest BCUT2D eigenvalue weighted by molar-refractivity contribution is 7.86. The van der Waals surface area contributed by atoms with E-state index in [1.807, 2.05) is 30.3 Å².